The van der Waals surface area contributed by atoms with Crippen LogP contribution < -0.4 is 5.32 Å². The Labute approximate surface area is 120 Å². The van der Waals surface area contributed by atoms with Crippen LogP contribution in [0.15, 0.2) is 60.7 Å². The number of hydrogen-bond donors (Lipinski definition) is 2. The summed E-state index contributed by atoms with van der Waals surface area (Å²) in [5.74, 6) is 0.220. The fourth-order valence-corrected chi connectivity index (χ4v) is 3.09. The molecule has 0 spiro atoms. The fourth-order valence-electron chi connectivity index (χ4n) is 3.09. The average Bonchev–Trinajstić information content (AvgIpc) is 2.51. The first kappa shape index (κ1) is 13.3. The van der Waals surface area contributed by atoms with Crippen molar-refractivity contribution in [1.29, 1.82) is 0 Å². The summed E-state index contributed by atoms with van der Waals surface area (Å²) in [5.41, 5.74) is 2.50. The molecule has 1 saturated heterocycles. The molecule has 2 nitrogen and oxygen atoms in total. The van der Waals surface area contributed by atoms with E-state index in [1.807, 2.05) is 12.1 Å². The summed E-state index contributed by atoms with van der Waals surface area (Å²) in [6.07, 6.45) is 0.501. The zero-order valence-electron chi connectivity index (χ0n) is 11.7. The Hall–Kier alpha value is -1.64. The molecule has 0 amide bonds. The second-order valence-electron chi connectivity index (χ2n) is 5.68. The van der Waals surface area contributed by atoms with Crippen molar-refractivity contribution >= 4 is 0 Å². The number of hydrogen-bond acceptors (Lipinski definition) is 2. The Balaban J connectivity index is 1.87. The molecule has 0 bridgehead atoms. The van der Waals surface area contributed by atoms with Crippen LogP contribution in [0.4, 0.5) is 0 Å². The molecular weight excluding hydrogens is 246 g/mol. The van der Waals surface area contributed by atoms with Gasteiger partial charge in [-0.25, -0.2) is 0 Å². The minimum atomic E-state index is -0.272. The van der Waals surface area contributed by atoms with Gasteiger partial charge in [-0.05, 0) is 17.5 Å². The summed E-state index contributed by atoms with van der Waals surface area (Å²) in [4.78, 5) is 0. The number of nitrogens with one attached hydrogen (secondary N) is 1. The van der Waals surface area contributed by atoms with E-state index in [1.165, 1.54) is 11.1 Å². The molecule has 3 rings (SSSR count). The monoisotopic (exact) mass is 267 g/mol. The lowest BCUT2D eigenvalue weighted by Gasteiger charge is -2.39. The maximum Gasteiger partial charge on any atom is 0.0602 e. The Kier molecular flexibility index (Phi) is 3.86. The summed E-state index contributed by atoms with van der Waals surface area (Å²) >= 11 is 0. The van der Waals surface area contributed by atoms with E-state index < -0.39 is 0 Å². The van der Waals surface area contributed by atoms with Gasteiger partial charge in [-0.3, -0.25) is 0 Å². The molecule has 1 fully saturated rings. The number of rotatable bonds is 2. The van der Waals surface area contributed by atoms with Crippen LogP contribution in [0.1, 0.15) is 36.6 Å². The van der Waals surface area contributed by atoms with Crippen molar-refractivity contribution in [2.45, 2.75) is 31.5 Å². The predicted molar refractivity (Wildman–Crippen MR) is 81.3 cm³/mol. The van der Waals surface area contributed by atoms with Crippen LogP contribution in [0.5, 0.6) is 0 Å². The highest BCUT2D eigenvalue weighted by Crippen LogP contribution is 2.36. The van der Waals surface area contributed by atoms with Gasteiger partial charge in [0.1, 0.15) is 0 Å². The molecule has 0 aromatic heterocycles. The second-order valence-corrected chi connectivity index (χ2v) is 5.68. The number of piperidine rings is 1. The van der Waals surface area contributed by atoms with Crippen LogP contribution in [0, 0.1) is 5.92 Å². The van der Waals surface area contributed by atoms with E-state index in [4.69, 9.17) is 0 Å². The topological polar surface area (TPSA) is 32.3 Å². The maximum atomic E-state index is 10.4. The average molecular weight is 267 g/mol. The summed E-state index contributed by atoms with van der Waals surface area (Å²) < 4.78 is 0. The molecule has 104 valence electrons. The standard InChI is InChI=1S/C18H21NO/c1-13-17(20)12-16(14-8-4-2-5-9-14)19-18(13)15-10-6-3-7-11-15/h2-11,13,16-20H,12H2,1H3/t13-,16-,17-,18-/m1/s1. The van der Waals surface area contributed by atoms with Crippen molar-refractivity contribution in [3.8, 4) is 0 Å². The lowest BCUT2D eigenvalue weighted by atomic mass is 9.81. The smallest absolute Gasteiger partial charge is 0.0602 e. The summed E-state index contributed by atoms with van der Waals surface area (Å²) in [6.45, 7) is 2.12. The molecule has 1 aliphatic rings. The summed E-state index contributed by atoms with van der Waals surface area (Å²) in [6, 6.07) is 21.2. The SMILES string of the molecule is C[C@@H]1[C@H](O)C[C@H](c2ccccc2)N[C@H]1c1ccccc1. The molecule has 0 radical (unpaired) electrons. The van der Waals surface area contributed by atoms with Crippen LogP contribution in [0.25, 0.3) is 0 Å². The van der Waals surface area contributed by atoms with Gasteiger partial charge in [0, 0.05) is 18.0 Å². The van der Waals surface area contributed by atoms with Crippen molar-refractivity contribution in [1.82, 2.24) is 5.32 Å². The van der Waals surface area contributed by atoms with Gasteiger partial charge in [0.25, 0.3) is 0 Å². The molecule has 2 N–H and O–H groups in total. The Morgan fingerprint density at radius 1 is 0.900 bits per heavy atom. The van der Waals surface area contributed by atoms with Gasteiger partial charge in [0.15, 0.2) is 0 Å². The van der Waals surface area contributed by atoms with E-state index in [0.717, 1.165) is 6.42 Å². The predicted octanol–water partition coefficient (Wildman–Crippen LogP) is 3.46. The van der Waals surface area contributed by atoms with E-state index >= 15 is 0 Å². The molecule has 2 heteroatoms. The van der Waals surface area contributed by atoms with E-state index in [9.17, 15) is 5.11 Å². The van der Waals surface area contributed by atoms with E-state index in [-0.39, 0.29) is 24.1 Å². The second kappa shape index (κ2) is 5.78. The van der Waals surface area contributed by atoms with Gasteiger partial charge in [-0.1, -0.05) is 67.6 Å². The summed E-state index contributed by atoms with van der Waals surface area (Å²) in [7, 11) is 0. The number of aliphatic hydroxyl groups is 1. The number of benzene rings is 2. The highest BCUT2D eigenvalue weighted by atomic mass is 16.3. The molecular formula is C18H21NO. The van der Waals surface area contributed by atoms with Gasteiger partial charge >= 0.3 is 0 Å². The largest absolute Gasteiger partial charge is 0.393 e. The third-order valence-corrected chi connectivity index (χ3v) is 4.35. The van der Waals surface area contributed by atoms with Gasteiger partial charge in [-0.2, -0.15) is 0 Å². The van der Waals surface area contributed by atoms with Gasteiger partial charge < -0.3 is 10.4 Å². The van der Waals surface area contributed by atoms with Crippen LogP contribution in [-0.2, 0) is 0 Å². The van der Waals surface area contributed by atoms with Crippen molar-refractivity contribution < 1.29 is 5.11 Å². The zero-order valence-corrected chi connectivity index (χ0v) is 11.7. The van der Waals surface area contributed by atoms with Crippen LogP contribution in [-0.4, -0.2) is 11.2 Å². The van der Waals surface area contributed by atoms with Crippen molar-refractivity contribution in [3.05, 3.63) is 71.8 Å². The van der Waals surface area contributed by atoms with Crippen molar-refractivity contribution in [2.75, 3.05) is 0 Å². The highest BCUT2D eigenvalue weighted by Gasteiger charge is 2.34. The van der Waals surface area contributed by atoms with Gasteiger partial charge in [0.05, 0.1) is 6.10 Å². The first-order valence-corrected chi connectivity index (χ1v) is 7.29. The van der Waals surface area contributed by atoms with Crippen LogP contribution >= 0.6 is 0 Å². The molecule has 0 saturated carbocycles. The first-order valence-electron chi connectivity index (χ1n) is 7.29. The van der Waals surface area contributed by atoms with Crippen LogP contribution in [0.3, 0.4) is 0 Å². The molecule has 0 unspecified atom stereocenters. The molecule has 0 aliphatic carbocycles. The van der Waals surface area contributed by atoms with Crippen molar-refractivity contribution in [3.63, 3.8) is 0 Å². The quantitative estimate of drug-likeness (QED) is 0.873. The van der Waals surface area contributed by atoms with Gasteiger partial charge in [0.2, 0.25) is 0 Å². The van der Waals surface area contributed by atoms with E-state index in [2.05, 4.69) is 60.8 Å². The molecule has 2 aromatic carbocycles. The third-order valence-electron chi connectivity index (χ3n) is 4.35. The highest BCUT2D eigenvalue weighted by molar-refractivity contribution is 5.25. The molecule has 4 atom stereocenters. The normalized spacial score (nSPS) is 30.1. The lowest BCUT2D eigenvalue weighted by molar-refractivity contribution is 0.0402. The molecule has 1 aliphatic heterocycles. The lowest BCUT2D eigenvalue weighted by Crippen LogP contribution is -2.43. The number of aliphatic hydroxyl groups excluding tert-OH is 1. The van der Waals surface area contributed by atoms with E-state index in [1.54, 1.807) is 0 Å². The van der Waals surface area contributed by atoms with E-state index in [0.29, 0.717) is 0 Å². The Bertz CT molecular complexity index is 540. The van der Waals surface area contributed by atoms with Crippen LogP contribution in [0.2, 0.25) is 0 Å². The van der Waals surface area contributed by atoms with Crippen molar-refractivity contribution in [2.24, 2.45) is 5.92 Å². The maximum absolute atomic E-state index is 10.4. The zero-order chi connectivity index (χ0) is 13.9. The molecule has 1 heterocycles. The molecule has 2 aromatic rings. The Morgan fingerprint density at radius 3 is 2.05 bits per heavy atom. The molecule has 20 heavy (non-hydrogen) atoms. The van der Waals surface area contributed by atoms with Gasteiger partial charge in [-0.15, -0.1) is 0 Å². The Morgan fingerprint density at radius 2 is 1.45 bits per heavy atom. The summed E-state index contributed by atoms with van der Waals surface area (Å²) in [5, 5.41) is 14.1. The minimum absolute atomic E-state index is 0.199. The first-order chi connectivity index (χ1) is 9.75. The minimum Gasteiger partial charge on any atom is -0.393 e. The third kappa shape index (κ3) is 2.62. The fraction of sp³-hybridized carbons (Fsp3) is 0.333.